The number of aliphatic hydroxyl groups is 1. The number of rotatable bonds is 10. The third kappa shape index (κ3) is 7.26. The van der Waals surface area contributed by atoms with E-state index in [0.717, 1.165) is 11.1 Å². The smallest absolute Gasteiger partial charge is 0.219 e. The standard InChI is InChI=1S/C29H38N4O5/c1-22-5-7-26(15-23(22)2)38-20-29(35)18-32(11-12-33(19-29)24(3)34)17-25-6-8-27(28(16-25)36-4)37-14-13-31-10-9-30-21-31/h5-10,15-16,21,35H,11-14,17-20H2,1-4H3/t29-/m0/s1. The Morgan fingerprint density at radius 1 is 1.05 bits per heavy atom. The molecule has 9 heteroatoms. The van der Waals surface area contributed by atoms with Crippen LogP contribution < -0.4 is 14.2 Å². The van der Waals surface area contributed by atoms with E-state index in [9.17, 15) is 9.90 Å². The first-order valence-electron chi connectivity index (χ1n) is 12.9. The molecule has 0 spiro atoms. The van der Waals surface area contributed by atoms with Gasteiger partial charge < -0.3 is 28.8 Å². The van der Waals surface area contributed by atoms with Crippen molar-refractivity contribution in [3.8, 4) is 17.2 Å². The van der Waals surface area contributed by atoms with E-state index in [1.165, 1.54) is 12.5 Å². The Morgan fingerprint density at radius 2 is 1.89 bits per heavy atom. The van der Waals surface area contributed by atoms with Gasteiger partial charge in [0.2, 0.25) is 5.91 Å². The molecule has 1 amide bonds. The predicted octanol–water partition coefficient (Wildman–Crippen LogP) is 3.06. The lowest BCUT2D eigenvalue weighted by Gasteiger charge is -2.33. The third-order valence-corrected chi connectivity index (χ3v) is 6.92. The number of nitrogens with zero attached hydrogens (tertiary/aromatic N) is 4. The largest absolute Gasteiger partial charge is 0.493 e. The van der Waals surface area contributed by atoms with Gasteiger partial charge in [-0.2, -0.15) is 0 Å². The zero-order valence-corrected chi connectivity index (χ0v) is 22.7. The van der Waals surface area contributed by atoms with Gasteiger partial charge in [0.05, 0.1) is 26.5 Å². The normalized spacial score (nSPS) is 18.2. The van der Waals surface area contributed by atoms with E-state index in [0.29, 0.717) is 56.6 Å². The second-order valence-electron chi connectivity index (χ2n) is 10.0. The molecule has 0 radical (unpaired) electrons. The van der Waals surface area contributed by atoms with Gasteiger partial charge in [-0.1, -0.05) is 12.1 Å². The highest BCUT2D eigenvalue weighted by molar-refractivity contribution is 5.73. The highest BCUT2D eigenvalue weighted by atomic mass is 16.5. The maximum absolute atomic E-state index is 12.3. The third-order valence-electron chi connectivity index (χ3n) is 6.92. The Labute approximate surface area is 224 Å². The maximum Gasteiger partial charge on any atom is 0.219 e. The summed E-state index contributed by atoms with van der Waals surface area (Å²) < 4.78 is 19.5. The van der Waals surface area contributed by atoms with Crippen LogP contribution in [0.4, 0.5) is 0 Å². The molecule has 0 saturated carbocycles. The average Bonchev–Trinajstić information content (AvgIpc) is 3.35. The maximum atomic E-state index is 12.3. The highest BCUT2D eigenvalue weighted by Crippen LogP contribution is 2.29. The number of hydrogen-bond donors (Lipinski definition) is 1. The van der Waals surface area contributed by atoms with Crippen molar-refractivity contribution in [1.82, 2.24) is 19.4 Å². The number of benzene rings is 2. The molecule has 38 heavy (non-hydrogen) atoms. The molecule has 0 aliphatic carbocycles. The fraction of sp³-hybridized carbons (Fsp3) is 0.448. The zero-order valence-electron chi connectivity index (χ0n) is 22.7. The number of ether oxygens (including phenoxy) is 3. The number of aryl methyl sites for hydroxylation is 2. The predicted molar refractivity (Wildman–Crippen MR) is 145 cm³/mol. The van der Waals surface area contributed by atoms with E-state index < -0.39 is 5.60 Å². The van der Waals surface area contributed by atoms with Gasteiger partial charge in [-0.25, -0.2) is 4.98 Å². The lowest BCUT2D eigenvalue weighted by Crippen LogP contribution is -2.51. The number of aromatic nitrogens is 2. The molecule has 9 nitrogen and oxygen atoms in total. The summed E-state index contributed by atoms with van der Waals surface area (Å²) in [5.74, 6) is 1.98. The minimum atomic E-state index is -1.22. The summed E-state index contributed by atoms with van der Waals surface area (Å²) in [6.45, 7) is 9.24. The van der Waals surface area contributed by atoms with Crippen LogP contribution in [-0.4, -0.2) is 82.5 Å². The molecule has 3 aromatic rings. The Balaban J connectivity index is 1.43. The molecule has 1 atom stereocenters. The van der Waals surface area contributed by atoms with Gasteiger partial charge in [-0.05, 0) is 54.8 Å². The van der Waals surface area contributed by atoms with Crippen molar-refractivity contribution < 1.29 is 24.1 Å². The summed E-state index contributed by atoms with van der Waals surface area (Å²) in [6.07, 6.45) is 5.39. The Morgan fingerprint density at radius 3 is 2.61 bits per heavy atom. The van der Waals surface area contributed by atoms with Crippen LogP contribution in [0.25, 0.3) is 0 Å². The van der Waals surface area contributed by atoms with E-state index in [1.807, 2.05) is 54.1 Å². The molecule has 1 aliphatic heterocycles. The molecular formula is C29H38N4O5. The number of carbonyl (C=O) groups is 1. The molecule has 4 rings (SSSR count). The Bertz CT molecular complexity index is 1220. The van der Waals surface area contributed by atoms with Crippen LogP contribution in [0.3, 0.4) is 0 Å². The van der Waals surface area contributed by atoms with Crippen LogP contribution in [0, 0.1) is 13.8 Å². The second kappa shape index (κ2) is 12.3. The minimum absolute atomic E-state index is 0.0599. The molecule has 2 heterocycles. The fourth-order valence-electron chi connectivity index (χ4n) is 4.63. The van der Waals surface area contributed by atoms with Gasteiger partial charge in [0.25, 0.3) is 0 Å². The summed E-state index contributed by atoms with van der Waals surface area (Å²) in [5, 5.41) is 11.6. The number of amides is 1. The number of methoxy groups -OCH3 is 1. The van der Waals surface area contributed by atoms with Crippen LogP contribution in [0.5, 0.6) is 17.2 Å². The first kappa shape index (κ1) is 27.5. The summed E-state index contributed by atoms with van der Waals surface area (Å²) in [5.41, 5.74) is 2.12. The van der Waals surface area contributed by atoms with Crippen LogP contribution in [0.2, 0.25) is 0 Å². The second-order valence-corrected chi connectivity index (χ2v) is 10.0. The number of hydrogen-bond acceptors (Lipinski definition) is 7. The van der Waals surface area contributed by atoms with Gasteiger partial charge in [0.15, 0.2) is 11.5 Å². The highest BCUT2D eigenvalue weighted by Gasteiger charge is 2.37. The molecule has 1 aromatic heterocycles. The van der Waals surface area contributed by atoms with Gasteiger partial charge in [-0.3, -0.25) is 9.69 Å². The average molecular weight is 523 g/mol. The number of imidazole rings is 1. The van der Waals surface area contributed by atoms with Gasteiger partial charge in [0, 0.05) is 45.5 Å². The quantitative estimate of drug-likeness (QED) is 0.438. The lowest BCUT2D eigenvalue weighted by atomic mass is 10.0. The molecule has 2 aromatic carbocycles. The molecule has 1 fully saturated rings. The van der Waals surface area contributed by atoms with Crippen LogP contribution in [0.15, 0.2) is 55.1 Å². The lowest BCUT2D eigenvalue weighted by molar-refractivity contribution is -0.132. The van der Waals surface area contributed by atoms with Crippen molar-refractivity contribution in [3.05, 3.63) is 71.8 Å². The van der Waals surface area contributed by atoms with Crippen molar-refractivity contribution in [2.45, 2.75) is 39.5 Å². The van der Waals surface area contributed by atoms with Crippen LogP contribution in [-0.2, 0) is 17.9 Å². The molecule has 1 saturated heterocycles. The van der Waals surface area contributed by atoms with Gasteiger partial charge in [0.1, 0.15) is 24.6 Å². The molecular weight excluding hydrogens is 484 g/mol. The monoisotopic (exact) mass is 522 g/mol. The molecule has 0 unspecified atom stereocenters. The fourth-order valence-corrected chi connectivity index (χ4v) is 4.63. The van der Waals surface area contributed by atoms with Crippen molar-refractivity contribution in [2.75, 3.05) is 46.5 Å². The summed E-state index contributed by atoms with van der Waals surface area (Å²) >= 11 is 0. The first-order chi connectivity index (χ1) is 18.2. The van der Waals surface area contributed by atoms with Crippen molar-refractivity contribution in [2.24, 2.45) is 0 Å². The zero-order chi connectivity index (χ0) is 27.1. The minimum Gasteiger partial charge on any atom is -0.493 e. The van der Waals surface area contributed by atoms with E-state index in [2.05, 4.69) is 16.8 Å². The summed E-state index contributed by atoms with van der Waals surface area (Å²) in [4.78, 5) is 20.2. The van der Waals surface area contributed by atoms with E-state index in [-0.39, 0.29) is 19.1 Å². The van der Waals surface area contributed by atoms with E-state index >= 15 is 0 Å². The molecule has 204 valence electrons. The molecule has 0 bridgehead atoms. The number of carbonyl (C=O) groups excluding carboxylic acids is 1. The van der Waals surface area contributed by atoms with Crippen molar-refractivity contribution in [1.29, 1.82) is 0 Å². The molecule has 1 aliphatic rings. The van der Waals surface area contributed by atoms with Gasteiger partial charge >= 0.3 is 0 Å². The van der Waals surface area contributed by atoms with Crippen molar-refractivity contribution >= 4 is 5.91 Å². The summed E-state index contributed by atoms with van der Waals surface area (Å²) in [7, 11) is 1.63. The molecule has 1 N–H and O–H groups in total. The number of β-amino-alcohol motifs (C(OH)–C–C–N with tert-alkyl or cyclic N) is 1. The van der Waals surface area contributed by atoms with Crippen LogP contribution >= 0.6 is 0 Å². The van der Waals surface area contributed by atoms with E-state index in [4.69, 9.17) is 14.2 Å². The van der Waals surface area contributed by atoms with E-state index in [1.54, 1.807) is 24.5 Å². The van der Waals surface area contributed by atoms with Gasteiger partial charge in [-0.15, -0.1) is 0 Å². The summed E-state index contributed by atoms with van der Waals surface area (Å²) in [6, 6.07) is 11.8. The SMILES string of the molecule is COc1cc(CN2CCN(C(C)=O)C[C@](O)(COc3ccc(C)c(C)c3)C2)ccc1OCCn1ccnc1. The van der Waals surface area contributed by atoms with Crippen molar-refractivity contribution in [3.63, 3.8) is 0 Å². The topological polar surface area (TPSA) is 89.3 Å². The Kier molecular flexibility index (Phi) is 8.91. The van der Waals surface area contributed by atoms with Crippen LogP contribution in [0.1, 0.15) is 23.6 Å². The Hall–Kier alpha value is -3.56. The first-order valence-corrected chi connectivity index (χ1v) is 12.9.